The highest BCUT2D eigenvalue weighted by Crippen LogP contribution is 2.28. The lowest BCUT2D eigenvalue weighted by Crippen LogP contribution is -2.16. The van der Waals surface area contributed by atoms with E-state index in [0.29, 0.717) is 11.0 Å². The Morgan fingerprint density at radius 1 is 0.968 bits per heavy atom. The molecule has 1 N–H and O–H groups in total. The van der Waals surface area contributed by atoms with Gasteiger partial charge in [-0.05, 0) is 61.7 Å². The number of hydrogen-bond donors (Lipinski definition) is 1. The van der Waals surface area contributed by atoms with Crippen LogP contribution in [0, 0.1) is 20.8 Å². The Hall–Kier alpha value is -3.45. The number of hydrogen-bond acceptors (Lipinski definition) is 5. The van der Waals surface area contributed by atoms with Crippen molar-refractivity contribution >= 4 is 23.4 Å². The first-order valence-electron chi connectivity index (χ1n) is 9.94. The zero-order chi connectivity index (χ0) is 21.8. The first-order chi connectivity index (χ1) is 15.0. The smallest absolute Gasteiger partial charge is 0.234 e. The van der Waals surface area contributed by atoms with Gasteiger partial charge in [0.25, 0.3) is 0 Å². The Bertz CT molecular complexity index is 1200. The first kappa shape index (κ1) is 20.8. The van der Waals surface area contributed by atoms with Crippen LogP contribution in [0.1, 0.15) is 16.7 Å². The molecule has 2 aromatic carbocycles. The molecule has 2 aromatic heterocycles. The molecule has 7 heteroatoms. The predicted molar refractivity (Wildman–Crippen MR) is 125 cm³/mol. The lowest BCUT2D eigenvalue weighted by Gasteiger charge is -2.12. The molecule has 0 aliphatic rings. The fourth-order valence-electron chi connectivity index (χ4n) is 3.37. The molecule has 0 fully saturated rings. The lowest BCUT2D eigenvalue weighted by atomic mass is 10.1. The van der Waals surface area contributed by atoms with E-state index in [1.54, 1.807) is 12.4 Å². The van der Waals surface area contributed by atoms with Crippen molar-refractivity contribution in [3.63, 3.8) is 0 Å². The van der Waals surface area contributed by atoms with E-state index < -0.39 is 0 Å². The molecule has 0 radical (unpaired) electrons. The highest BCUT2D eigenvalue weighted by Gasteiger charge is 2.18. The minimum atomic E-state index is -0.0772. The number of aromatic nitrogens is 4. The first-order valence-corrected chi connectivity index (χ1v) is 10.9. The topological polar surface area (TPSA) is 72.7 Å². The van der Waals surface area contributed by atoms with E-state index in [1.165, 1.54) is 11.8 Å². The summed E-state index contributed by atoms with van der Waals surface area (Å²) in [5.41, 5.74) is 5.95. The van der Waals surface area contributed by atoms with Gasteiger partial charge in [-0.3, -0.25) is 14.3 Å². The van der Waals surface area contributed by atoms with E-state index in [1.807, 2.05) is 73.9 Å². The van der Waals surface area contributed by atoms with Crippen molar-refractivity contribution in [2.24, 2.45) is 0 Å². The molecule has 0 atom stereocenters. The SMILES string of the molecule is Cc1cccc(-n2c(SCC(=O)Nc3c(C)cccc3C)nnc2-c2ccncc2)c1. The molecular weight excluding hydrogens is 406 g/mol. The fourth-order valence-corrected chi connectivity index (χ4v) is 4.12. The summed E-state index contributed by atoms with van der Waals surface area (Å²) in [4.78, 5) is 16.8. The molecule has 2 heterocycles. The average Bonchev–Trinajstić information content (AvgIpc) is 3.20. The van der Waals surface area contributed by atoms with Gasteiger partial charge in [-0.1, -0.05) is 42.1 Å². The van der Waals surface area contributed by atoms with E-state index in [2.05, 4.69) is 26.6 Å². The van der Waals surface area contributed by atoms with Gasteiger partial charge in [-0.15, -0.1) is 10.2 Å². The van der Waals surface area contributed by atoms with Gasteiger partial charge in [-0.2, -0.15) is 0 Å². The predicted octanol–water partition coefficient (Wildman–Crippen LogP) is 4.99. The number of nitrogens with one attached hydrogen (secondary N) is 1. The number of pyridine rings is 1. The second-order valence-corrected chi connectivity index (χ2v) is 8.26. The number of nitrogens with zero attached hydrogens (tertiary/aromatic N) is 4. The van der Waals surface area contributed by atoms with Crippen molar-refractivity contribution in [1.29, 1.82) is 0 Å². The number of amides is 1. The van der Waals surface area contributed by atoms with Crippen LogP contribution in [0.2, 0.25) is 0 Å². The highest BCUT2D eigenvalue weighted by molar-refractivity contribution is 7.99. The van der Waals surface area contributed by atoms with Gasteiger partial charge in [0.1, 0.15) is 0 Å². The number of rotatable bonds is 6. The number of carbonyl (C=O) groups is 1. The van der Waals surface area contributed by atoms with Crippen molar-refractivity contribution in [2.75, 3.05) is 11.1 Å². The van der Waals surface area contributed by atoms with E-state index >= 15 is 0 Å². The minimum absolute atomic E-state index is 0.0772. The Labute approximate surface area is 185 Å². The second kappa shape index (κ2) is 9.14. The molecule has 4 rings (SSSR count). The highest BCUT2D eigenvalue weighted by atomic mass is 32.2. The lowest BCUT2D eigenvalue weighted by molar-refractivity contribution is -0.113. The molecule has 0 saturated carbocycles. The third-order valence-electron chi connectivity index (χ3n) is 4.91. The van der Waals surface area contributed by atoms with Crippen LogP contribution in [0.15, 0.2) is 72.1 Å². The molecular formula is C24H23N5OS. The van der Waals surface area contributed by atoms with Crippen molar-refractivity contribution in [1.82, 2.24) is 19.7 Å². The van der Waals surface area contributed by atoms with Crippen LogP contribution in [-0.2, 0) is 4.79 Å². The van der Waals surface area contributed by atoms with Gasteiger partial charge in [0.15, 0.2) is 11.0 Å². The molecule has 0 aliphatic carbocycles. The molecule has 1 amide bonds. The van der Waals surface area contributed by atoms with E-state index in [-0.39, 0.29) is 11.7 Å². The van der Waals surface area contributed by atoms with E-state index in [9.17, 15) is 4.79 Å². The molecule has 0 spiro atoms. The van der Waals surface area contributed by atoms with Crippen LogP contribution < -0.4 is 5.32 Å². The van der Waals surface area contributed by atoms with Crippen LogP contribution in [0.3, 0.4) is 0 Å². The average molecular weight is 430 g/mol. The van der Waals surface area contributed by atoms with Crippen molar-refractivity contribution in [3.8, 4) is 17.1 Å². The van der Waals surface area contributed by atoms with Crippen molar-refractivity contribution in [2.45, 2.75) is 25.9 Å². The monoisotopic (exact) mass is 429 g/mol. The van der Waals surface area contributed by atoms with Crippen LogP contribution >= 0.6 is 11.8 Å². The standard InChI is InChI=1S/C24H23N5OS/c1-16-6-4-9-20(14-16)29-23(19-10-12-25-13-11-19)27-28-24(29)31-15-21(30)26-22-17(2)7-5-8-18(22)3/h4-14H,15H2,1-3H3,(H,26,30). The third-order valence-corrected chi connectivity index (χ3v) is 5.84. The maximum absolute atomic E-state index is 12.7. The summed E-state index contributed by atoms with van der Waals surface area (Å²) in [7, 11) is 0. The fraction of sp³-hybridized carbons (Fsp3) is 0.167. The molecule has 156 valence electrons. The molecule has 4 aromatic rings. The number of aryl methyl sites for hydroxylation is 3. The molecule has 0 saturated heterocycles. The van der Waals surface area contributed by atoms with Crippen LogP contribution in [0.25, 0.3) is 17.1 Å². The van der Waals surface area contributed by atoms with E-state index in [4.69, 9.17) is 0 Å². The number of carbonyl (C=O) groups excluding carboxylic acids is 1. The third kappa shape index (κ3) is 4.67. The van der Waals surface area contributed by atoms with Crippen LogP contribution in [0.4, 0.5) is 5.69 Å². The summed E-state index contributed by atoms with van der Waals surface area (Å²) in [6.07, 6.45) is 3.46. The van der Waals surface area contributed by atoms with Gasteiger partial charge >= 0.3 is 0 Å². The van der Waals surface area contributed by atoms with Gasteiger partial charge in [0.05, 0.1) is 5.75 Å². The molecule has 0 bridgehead atoms. The van der Waals surface area contributed by atoms with Gasteiger partial charge < -0.3 is 5.32 Å². The van der Waals surface area contributed by atoms with Crippen molar-refractivity contribution < 1.29 is 4.79 Å². The summed E-state index contributed by atoms with van der Waals surface area (Å²) < 4.78 is 1.99. The molecule has 31 heavy (non-hydrogen) atoms. The number of benzene rings is 2. The Kier molecular flexibility index (Phi) is 6.13. The number of thioether (sulfide) groups is 1. The minimum Gasteiger partial charge on any atom is -0.325 e. The van der Waals surface area contributed by atoms with E-state index in [0.717, 1.165) is 33.6 Å². The van der Waals surface area contributed by atoms with Crippen LogP contribution in [0.5, 0.6) is 0 Å². The molecule has 0 unspecified atom stereocenters. The zero-order valence-electron chi connectivity index (χ0n) is 17.7. The second-order valence-electron chi connectivity index (χ2n) is 7.32. The van der Waals surface area contributed by atoms with Gasteiger partial charge in [0.2, 0.25) is 5.91 Å². The largest absolute Gasteiger partial charge is 0.325 e. The zero-order valence-corrected chi connectivity index (χ0v) is 18.5. The molecule has 6 nitrogen and oxygen atoms in total. The summed E-state index contributed by atoms with van der Waals surface area (Å²) in [5, 5.41) is 12.5. The Morgan fingerprint density at radius 3 is 2.39 bits per heavy atom. The number of para-hydroxylation sites is 1. The Morgan fingerprint density at radius 2 is 1.68 bits per heavy atom. The quantitative estimate of drug-likeness (QED) is 0.437. The van der Waals surface area contributed by atoms with Gasteiger partial charge in [0, 0.05) is 29.3 Å². The maximum Gasteiger partial charge on any atom is 0.234 e. The summed E-state index contributed by atoms with van der Waals surface area (Å²) >= 11 is 1.36. The van der Waals surface area contributed by atoms with Crippen molar-refractivity contribution in [3.05, 3.63) is 83.7 Å². The Balaban J connectivity index is 1.61. The number of anilines is 1. The summed E-state index contributed by atoms with van der Waals surface area (Å²) in [6, 6.07) is 17.9. The summed E-state index contributed by atoms with van der Waals surface area (Å²) in [5.74, 6) is 0.867. The molecule has 0 aliphatic heterocycles. The summed E-state index contributed by atoms with van der Waals surface area (Å²) in [6.45, 7) is 6.03. The normalized spacial score (nSPS) is 10.8. The maximum atomic E-state index is 12.7. The van der Waals surface area contributed by atoms with Crippen LogP contribution in [-0.4, -0.2) is 31.4 Å². The van der Waals surface area contributed by atoms with Gasteiger partial charge in [-0.25, -0.2) is 0 Å².